The van der Waals surface area contributed by atoms with Gasteiger partial charge in [-0.1, -0.05) is 12.1 Å². The first kappa shape index (κ1) is 20.3. The van der Waals surface area contributed by atoms with E-state index in [1.54, 1.807) is 12.1 Å². The molecule has 0 aromatic heterocycles. The molecule has 0 aliphatic heterocycles. The Bertz CT molecular complexity index is 914. The predicted molar refractivity (Wildman–Crippen MR) is 108 cm³/mol. The van der Waals surface area contributed by atoms with Crippen LogP contribution in [0.1, 0.15) is 6.92 Å². The number of nitrogens with one attached hydrogen (secondary N) is 2. The first-order chi connectivity index (χ1) is 12.2. The van der Waals surface area contributed by atoms with E-state index in [-0.39, 0.29) is 17.3 Å². The molecule has 0 spiro atoms. The number of amides is 2. The molecule has 7 nitrogen and oxygen atoms in total. The maximum Gasteiger partial charge on any atom is 0.243 e. The number of halogens is 1. The minimum absolute atomic E-state index is 0.0381. The largest absolute Gasteiger partial charge is 0.326 e. The molecular weight excluding hydrogens is 469 g/mol. The Morgan fingerprint density at radius 3 is 2.23 bits per heavy atom. The molecule has 0 aliphatic carbocycles. The van der Waals surface area contributed by atoms with E-state index in [0.717, 1.165) is 7.88 Å². The van der Waals surface area contributed by atoms with Gasteiger partial charge in [0.1, 0.15) is 0 Å². The second-order valence-corrected chi connectivity index (χ2v) is 8.70. The van der Waals surface area contributed by atoms with E-state index in [1.165, 1.54) is 38.2 Å². The van der Waals surface area contributed by atoms with Gasteiger partial charge in [0.25, 0.3) is 0 Å². The molecule has 0 unspecified atom stereocenters. The molecule has 0 aliphatic rings. The molecule has 2 rings (SSSR count). The highest BCUT2D eigenvalue weighted by atomic mass is 127. The van der Waals surface area contributed by atoms with E-state index in [1.807, 2.05) is 12.1 Å². The van der Waals surface area contributed by atoms with Crippen LogP contribution in [0.5, 0.6) is 0 Å². The lowest BCUT2D eigenvalue weighted by atomic mass is 10.3. The summed E-state index contributed by atoms with van der Waals surface area (Å²) in [5.74, 6) is -0.681. The zero-order valence-corrected chi connectivity index (χ0v) is 17.2. The van der Waals surface area contributed by atoms with Gasteiger partial charge in [0.2, 0.25) is 21.8 Å². The standard InChI is InChI=1S/C17H18IN3O4S/c1-12(22)19-13-7-9-14(10-8-13)26(24,25)21(2)11-17(23)20-16-6-4-3-5-15(16)18/h3-10H,11H2,1-2H3,(H,19,22)(H,20,23). The molecule has 0 fully saturated rings. The average molecular weight is 487 g/mol. The van der Waals surface area contributed by atoms with Gasteiger partial charge in [-0.25, -0.2) is 8.42 Å². The van der Waals surface area contributed by atoms with E-state index in [2.05, 4.69) is 33.2 Å². The van der Waals surface area contributed by atoms with Crippen LogP contribution in [0, 0.1) is 3.57 Å². The first-order valence-corrected chi connectivity index (χ1v) is 10.1. The molecule has 0 saturated heterocycles. The van der Waals surface area contributed by atoms with Gasteiger partial charge in [-0.3, -0.25) is 9.59 Å². The first-order valence-electron chi connectivity index (χ1n) is 7.58. The summed E-state index contributed by atoms with van der Waals surface area (Å²) in [5.41, 5.74) is 1.12. The van der Waals surface area contributed by atoms with Crippen LogP contribution in [-0.2, 0) is 19.6 Å². The van der Waals surface area contributed by atoms with Crippen molar-refractivity contribution in [3.63, 3.8) is 0 Å². The number of carbonyl (C=O) groups is 2. The molecule has 2 aromatic carbocycles. The number of anilines is 2. The molecule has 0 heterocycles. The van der Waals surface area contributed by atoms with Crippen LogP contribution in [0.3, 0.4) is 0 Å². The van der Waals surface area contributed by atoms with Crippen LogP contribution in [0.2, 0.25) is 0 Å². The zero-order valence-electron chi connectivity index (χ0n) is 14.2. The quantitative estimate of drug-likeness (QED) is 0.613. The van der Waals surface area contributed by atoms with Crippen LogP contribution >= 0.6 is 22.6 Å². The van der Waals surface area contributed by atoms with E-state index < -0.39 is 15.9 Å². The van der Waals surface area contributed by atoms with E-state index in [0.29, 0.717) is 11.4 Å². The number of sulfonamides is 1. The normalized spacial score (nSPS) is 11.2. The second-order valence-electron chi connectivity index (χ2n) is 5.49. The summed E-state index contributed by atoms with van der Waals surface area (Å²) in [7, 11) is -2.48. The maximum absolute atomic E-state index is 12.6. The molecule has 0 saturated carbocycles. The number of carbonyl (C=O) groups excluding carboxylic acids is 2. The third-order valence-corrected chi connectivity index (χ3v) is 6.16. The lowest BCUT2D eigenvalue weighted by Gasteiger charge is -2.17. The van der Waals surface area contributed by atoms with Crippen molar-refractivity contribution in [3.05, 3.63) is 52.1 Å². The fourth-order valence-electron chi connectivity index (χ4n) is 2.13. The third-order valence-electron chi connectivity index (χ3n) is 3.40. The Morgan fingerprint density at radius 2 is 1.65 bits per heavy atom. The van der Waals surface area contributed by atoms with Crippen molar-refractivity contribution >= 4 is 55.8 Å². The van der Waals surface area contributed by atoms with Crippen LogP contribution in [0.25, 0.3) is 0 Å². The summed E-state index contributed by atoms with van der Waals surface area (Å²) in [4.78, 5) is 23.2. The molecule has 0 bridgehead atoms. The van der Waals surface area contributed by atoms with E-state index in [4.69, 9.17) is 0 Å². The van der Waals surface area contributed by atoms with Gasteiger partial charge >= 0.3 is 0 Å². The number of para-hydroxylation sites is 1. The van der Waals surface area contributed by atoms with Crippen molar-refractivity contribution in [2.75, 3.05) is 24.2 Å². The van der Waals surface area contributed by atoms with Crippen molar-refractivity contribution < 1.29 is 18.0 Å². The Labute approximate surface area is 166 Å². The Kier molecular flexibility index (Phi) is 6.73. The highest BCUT2D eigenvalue weighted by Crippen LogP contribution is 2.19. The van der Waals surface area contributed by atoms with Gasteiger partial charge < -0.3 is 10.6 Å². The SMILES string of the molecule is CC(=O)Nc1ccc(S(=O)(=O)N(C)CC(=O)Nc2ccccc2I)cc1. The van der Waals surface area contributed by atoms with Gasteiger partial charge in [0, 0.05) is 23.2 Å². The van der Waals surface area contributed by atoms with E-state index >= 15 is 0 Å². The number of nitrogens with zero attached hydrogens (tertiary/aromatic N) is 1. The minimum atomic E-state index is -3.82. The highest BCUT2D eigenvalue weighted by Gasteiger charge is 2.23. The number of hydrogen-bond donors (Lipinski definition) is 2. The Balaban J connectivity index is 2.07. The summed E-state index contributed by atoms with van der Waals surface area (Å²) >= 11 is 2.09. The fraction of sp³-hybridized carbons (Fsp3) is 0.176. The molecule has 0 radical (unpaired) electrons. The molecule has 26 heavy (non-hydrogen) atoms. The van der Waals surface area contributed by atoms with Crippen molar-refractivity contribution in [1.29, 1.82) is 0 Å². The number of benzene rings is 2. The number of likely N-dealkylation sites (N-methyl/N-ethyl adjacent to an activating group) is 1. The molecule has 138 valence electrons. The third kappa shape index (κ3) is 5.26. The van der Waals surface area contributed by atoms with Gasteiger partial charge in [0.05, 0.1) is 17.1 Å². The second kappa shape index (κ2) is 8.60. The minimum Gasteiger partial charge on any atom is -0.326 e. The maximum atomic E-state index is 12.6. The summed E-state index contributed by atoms with van der Waals surface area (Å²) < 4.78 is 27.0. The van der Waals surface area contributed by atoms with Crippen molar-refractivity contribution in [2.24, 2.45) is 0 Å². The fourth-order valence-corrected chi connectivity index (χ4v) is 3.78. The molecule has 2 aromatic rings. The summed E-state index contributed by atoms with van der Waals surface area (Å²) in [6, 6.07) is 13.0. The topological polar surface area (TPSA) is 95.6 Å². The molecule has 2 amide bonds. The number of rotatable bonds is 6. The number of hydrogen-bond acceptors (Lipinski definition) is 4. The molecule has 0 atom stereocenters. The smallest absolute Gasteiger partial charge is 0.243 e. The van der Waals surface area contributed by atoms with Crippen molar-refractivity contribution in [1.82, 2.24) is 4.31 Å². The van der Waals surface area contributed by atoms with Gasteiger partial charge in [-0.05, 0) is 59.0 Å². The van der Waals surface area contributed by atoms with Gasteiger partial charge in [0.15, 0.2) is 0 Å². The summed E-state index contributed by atoms with van der Waals surface area (Å²) in [5, 5.41) is 5.26. The summed E-state index contributed by atoms with van der Waals surface area (Å²) in [6.45, 7) is 1.05. The van der Waals surface area contributed by atoms with E-state index in [9.17, 15) is 18.0 Å². The van der Waals surface area contributed by atoms with Crippen molar-refractivity contribution in [2.45, 2.75) is 11.8 Å². The van der Waals surface area contributed by atoms with Crippen LogP contribution in [0.15, 0.2) is 53.4 Å². The monoisotopic (exact) mass is 487 g/mol. The van der Waals surface area contributed by atoms with Crippen molar-refractivity contribution in [3.8, 4) is 0 Å². The van der Waals surface area contributed by atoms with Gasteiger partial charge in [-0.2, -0.15) is 4.31 Å². The Morgan fingerprint density at radius 1 is 1.04 bits per heavy atom. The zero-order chi connectivity index (χ0) is 19.3. The lowest BCUT2D eigenvalue weighted by molar-refractivity contribution is -0.116. The van der Waals surface area contributed by atoms with Gasteiger partial charge in [-0.15, -0.1) is 0 Å². The van der Waals surface area contributed by atoms with Crippen LogP contribution in [-0.4, -0.2) is 38.1 Å². The van der Waals surface area contributed by atoms with Crippen LogP contribution < -0.4 is 10.6 Å². The summed E-state index contributed by atoms with van der Waals surface area (Å²) in [6.07, 6.45) is 0. The Hall–Kier alpha value is -1.98. The average Bonchev–Trinajstić information content (AvgIpc) is 2.57. The molecule has 2 N–H and O–H groups in total. The molecule has 9 heteroatoms. The highest BCUT2D eigenvalue weighted by molar-refractivity contribution is 14.1. The lowest BCUT2D eigenvalue weighted by Crippen LogP contribution is -2.35. The predicted octanol–water partition coefficient (Wildman–Crippen LogP) is 2.51. The van der Waals surface area contributed by atoms with Crippen LogP contribution in [0.4, 0.5) is 11.4 Å². The molecular formula is C17H18IN3O4S.